The van der Waals surface area contributed by atoms with Crippen LogP contribution in [0.5, 0.6) is 0 Å². The maximum Gasteiger partial charge on any atom is 0.511 e. The molecule has 0 atom stereocenters. The molecule has 0 aromatic rings. The van der Waals surface area contributed by atoms with Gasteiger partial charge in [0.25, 0.3) is 5.79 Å². The maximum atomic E-state index is 11.2. The molecule has 5 nitrogen and oxygen atoms in total. The average Bonchev–Trinajstić information content (AvgIpc) is 2.01. The van der Waals surface area contributed by atoms with E-state index in [1.54, 1.807) is 20.8 Å². The molecule has 0 N–H and O–H groups in total. The summed E-state index contributed by atoms with van der Waals surface area (Å²) in [5.41, 5.74) is 0. The van der Waals surface area contributed by atoms with Crippen LogP contribution in [0.25, 0.3) is 0 Å². The van der Waals surface area contributed by atoms with E-state index in [0.29, 0.717) is 0 Å². The lowest BCUT2D eigenvalue weighted by molar-refractivity contribution is -0.203. The van der Waals surface area contributed by atoms with Crippen molar-refractivity contribution in [2.45, 2.75) is 40.4 Å². The molecule has 5 heteroatoms. The average molecular weight is 218 g/mol. The summed E-state index contributed by atoms with van der Waals surface area (Å²) >= 11 is 0. The Kier molecular flexibility index (Phi) is 5.11. The van der Waals surface area contributed by atoms with Gasteiger partial charge in [-0.25, -0.2) is 4.79 Å². The smallest absolute Gasteiger partial charge is 0.434 e. The monoisotopic (exact) mass is 218 g/mol. The van der Waals surface area contributed by atoms with Gasteiger partial charge in [-0.2, -0.15) is 0 Å². The molecule has 0 rings (SSSR count). The third-order valence-electron chi connectivity index (χ3n) is 1.41. The summed E-state index contributed by atoms with van der Waals surface area (Å²) in [6.07, 6.45) is -0.848. The van der Waals surface area contributed by atoms with Crippen LogP contribution in [-0.2, 0) is 19.0 Å². The topological polar surface area (TPSA) is 61.8 Å². The van der Waals surface area contributed by atoms with Gasteiger partial charge in [-0.1, -0.05) is 13.8 Å². The number of carbonyl (C=O) groups excluding carboxylic acids is 2. The van der Waals surface area contributed by atoms with Gasteiger partial charge in [-0.05, 0) is 6.92 Å². The molecule has 0 aliphatic rings. The largest absolute Gasteiger partial charge is 0.511 e. The van der Waals surface area contributed by atoms with E-state index in [1.165, 1.54) is 13.8 Å². The molecule has 0 aromatic carbocycles. The van der Waals surface area contributed by atoms with E-state index in [9.17, 15) is 9.59 Å². The summed E-state index contributed by atoms with van der Waals surface area (Å²) in [5.74, 6) is -1.99. The molecule has 0 aromatic heterocycles. The molecule has 0 radical (unpaired) electrons. The Morgan fingerprint density at radius 1 is 1.20 bits per heavy atom. The number of carbonyl (C=O) groups is 2. The van der Waals surface area contributed by atoms with Crippen molar-refractivity contribution in [2.24, 2.45) is 5.92 Å². The Morgan fingerprint density at radius 2 is 1.73 bits per heavy atom. The van der Waals surface area contributed by atoms with E-state index < -0.39 is 17.9 Å². The van der Waals surface area contributed by atoms with Crippen LogP contribution in [0.4, 0.5) is 4.79 Å². The first-order valence-corrected chi connectivity index (χ1v) is 4.87. The predicted octanol–water partition coefficient (Wildman–Crippen LogP) is 2.09. The van der Waals surface area contributed by atoms with Crippen LogP contribution in [0.2, 0.25) is 0 Å². The Labute approximate surface area is 89.7 Å². The Bertz CT molecular complexity index is 232. The molecule has 15 heavy (non-hydrogen) atoms. The van der Waals surface area contributed by atoms with E-state index in [-0.39, 0.29) is 12.5 Å². The molecule has 0 saturated heterocycles. The lowest BCUT2D eigenvalue weighted by Crippen LogP contribution is -2.35. The highest BCUT2D eigenvalue weighted by molar-refractivity contribution is 5.72. The van der Waals surface area contributed by atoms with Gasteiger partial charge in [0, 0.05) is 13.8 Å². The third kappa shape index (κ3) is 5.93. The van der Waals surface area contributed by atoms with E-state index in [1.807, 2.05) is 0 Å². The van der Waals surface area contributed by atoms with Crippen molar-refractivity contribution in [3.8, 4) is 0 Å². The molecular formula is C10H18O5. The van der Waals surface area contributed by atoms with E-state index in [2.05, 4.69) is 4.74 Å². The lowest BCUT2D eigenvalue weighted by atomic mass is 10.2. The SMILES string of the molecule is CCOC(=O)OC(C)(C)OC(=O)C(C)C. The molecule has 0 unspecified atom stereocenters. The van der Waals surface area contributed by atoms with Gasteiger partial charge < -0.3 is 14.2 Å². The van der Waals surface area contributed by atoms with Crippen LogP contribution in [0, 0.1) is 5.92 Å². The van der Waals surface area contributed by atoms with E-state index >= 15 is 0 Å². The third-order valence-corrected chi connectivity index (χ3v) is 1.41. The Balaban J connectivity index is 4.18. The molecule has 0 saturated carbocycles. The standard InChI is InChI=1S/C10H18O5/c1-6-13-9(12)15-10(4,5)14-8(11)7(2)3/h7H,6H2,1-5H3. The summed E-state index contributed by atoms with van der Waals surface area (Å²) in [6, 6.07) is 0. The molecule has 0 amide bonds. The van der Waals surface area contributed by atoms with Crippen molar-refractivity contribution in [3.05, 3.63) is 0 Å². The fourth-order valence-corrected chi connectivity index (χ4v) is 0.729. The maximum absolute atomic E-state index is 11.2. The number of esters is 1. The zero-order valence-corrected chi connectivity index (χ0v) is 9.83. The van der Waals surface area contributed by atoms with Gasteiger partial charge in [0.2, 0.25) is 0 Å². The molecule has 0 heterocycles. The zero-order chi connectivity index (χ0) is 12.1. The van der Waals surface area contributed by atoms with Crippen molar-refractivity contribution in [1.29, 1.82) is 0 Å². The van der Waals surface area contributed by atoms with Crippen molar-refractivity contribution in [1.82, 2.24) is 0 Å². The highest BCUT2D eigenvalue weighted by atomic mass is 16.8. The minimum atomic E-state index is -1.30. The predicted molar refractivity (Wildman–Crippen MR) is 53.1 cm³/mol. The molecule has 0 aliphatic carbocycles. The minimum absolute atomic E-state index is 0.215. The van der Waals surface area contributed by atoms with Gasteiger partial charge in [0.05, 0.1) is 12.5 Å². The van der Waals surface area contributed by atoms with Crippen LogP contribution in [0.1, 0.15) is 34.6 Å². The number of ether oxygens (including phenoxy) is 3. The number of hydrogen-bond donors (Lipinski definition) is 0. The first kappa shape index (κ1) is 13.7. The fraction of sp³-hybridized carbons (Fsp3) is 0.800. The van der Waals surface area contributed by atoms with Gasteiger partial charge in [0.1, 0.15) is 0 Å². The van der Waals surface area contributed by atoms with Crippen LogP contribution in [0.15, 0.2) is 0 Å². The summed E-state index contributed by atoms with van der Waals surface area (Å²) in [7, 11) is 0. The number of rotatable bonds is 4. The quantitative estimate of drug-likeness (QED) is 0.534. The summed E-state index contributed by atoms with van der Waals surface area (Å²) in [4.78, 5) is 22.2. The first-order valence-electron chi connectivity index (χ1n) is 4.87. The molecule has 0 aliphatic heterocycles. The van der Waals surface area contributed by atoms with Crippen molar-refractivity contribution < 1.29 is 23.8 Å². The van der Waals surface area contributed by atoms with Crippen LogP contribution in [-0.4, -0.2) is 24.5 Å². The fourth-order valence-electron chi connectivity index (χ4n) is 0.729. The Morgan fingerprint density at radius 3 is 2.13 bits per heavy atom. The first-order chi connectivity index (χ1) is 6.78. The Hall–Kier alpha value is -1.26. The van der Waals surface area contributed by atoms with Crippen molar-refractivity contribution in [2.75, 3.05) is 6.61 Å². The number of hydrogen-bond acceptors (Lipinski definition) is 5. The lowest BCUT2D eigenvalue weighted by Gasteiger charge is -2.25. The van der Waals surface area contributed by atoms with Gasteiger partial charge in [-0.3, -0.25) is 4.79 Å². The van der Waals surface area contributed by atoms with E-state index in [0.717, 1.165) is 0 Å². The van der Waals surface area contributed by atoms with Gasteiger partial charge in [0.15, 0.2) is 0 Å². The normalized spacial score (nSPS) is 11.1. The molecule has 0 spiro atoms. The van der Waals surface area contributed by atoms with E-state index in [4.69, 9.17) is 9.47 Å². The van der Waals surface area contributed by atoms with Crippen LogP contribution in [0.3, 0.4) is 0 Å². The summed E-state index contributed by atoms with van der Waals surface area (Å²) < 4.78 is 14.3. The second-order valence-electron chi connectivity index (χ2n) is 3.76. The highest BCUT2D eigenvalue weighted by Crippen LogP contribution is 2.15. The second-order valence-corrected chi connectivity index (χ2v) is 3.76. The van der Waals surface area contributed by atoms with Crippen LogP contribution >= 0.6 is 0 Å². The summed E-state index contributed by atoms with van der Waals surface area (Å²) in [5, 5.41) is 0. The second kappa shape index (κ2) is 5.58. The molecular weight excluding hydrogens is 200 g/mol. The van der Waals surface area contributed by atoms with Crippen molar-refractivity contribution >= 4 is 12.1 Å². The van der Waals surface area contributed by atoms with Gasteiger partial charge in [-0.15, -0.1) is 0 Å². The molecule has 0 bridgehead atoms. The zero-order valence-electron chi connectivity index (χ0n) is 9.83. The van der Waals surface area contributed by atoms with Crippen LogP contribution < -0.4 is 0 Å². The summed E-state index contributed by atoms with van der Waals surface area (Å²) in [6.45, 7) is 8.22. The minimum Gasteiger partial charge on any atom is -0.434 e. The van der Waals surface area contributed by atoms with Gasteiger partial charge >= 0.3 is 12.1 Å². The molecule has 88 valence electrons. The van der Waals surface area contributed by atoms with Crippen molar-refractivity contribution in [3.63, 3.8) is 0 Å². The molecule has 0 fully saturated rings. The highest BCUT2D eigenvalue weighted by Gasteiger charge is 2.29.